The highest BCUT2D eigenvalue weighted by atomic mass is 19.1. The first kappa shape index (κ1) is 13.5. The zero-order chi connectivity index (χ0) is 14.0. The van der Waals surface area contributed by atoms with E-state index in [-0.39, 0.29) is 11.1 Å². The molecule has 0 amide bonds. The molecule has 0 spiro atoms. The van der Waals surface area contributed by atoms with Gasteiger partial charge < -0.3 is 10.5 Å². The van der Waals surface area contributed by atoms with Crippen LogP contribution in [0.1, 0.15) is 18.1 Å². The molecule has 0 saturated carbocycles. The normalized spacial score (nSPS) is 13.9. The van der Waals surface area contributed by atoms with Gasteiger partial charge in [0, 0.05) is 17.2 Å². The van der Waals surface area contributed by atoms with Crippen LogP contribution in [0.2, 0.25) is 0 Å². The van der Waals surface area contributed by atoms with Gasteiger partial charge in [-0.1, -0.05) is 24.3 Å². The van der Waals surface area contributed by atoms with Crippen molar-refractivity contribution in [3.05, 3.63) is 65.2 Å². The summed E-state index contributed by atoms with van der Waals surface area (Å²) in [5.74, 6) is -0.582. The second kappa shape index (κ2) is 4.97. The predicted octanol–water partition coefficient (Wildman–Crippen LogP) is 3.20. The molecule has 1 unspecified atom stereocenters. The highest BCUT2D eigenvalue weighted by Crippen LogP contribution is 2.31. The molecule has 0 aliphatic heterocycles. The molecule has 19 heavy (non-hydrogen) atoms. The Morgan fingerprint density at radius 2 is 1.63 bits per heavy atom. The van der Waals surface area contributed by atoms with Crippen molar-refractivity contribution in [1.82, 2.24) is 0 Å². The quantitative estimate of drug-likeness (QED) is 0.923. The molecular weight excluding hydrogens is 248 g/mol. The van der Waals surface area contributed by atoms with Gasteiger partial charge in [0.1, 0.15) is 17.4 Å². The summed E-state index contributed by atoms with van der Waals surface area (Å²) in [6.45, 7) is 1.58. The van der Waals surface area contributed by atoms with Crippen molar-refractivity contribution in [2.75, 3.05) is 7.11 Å². The number of halogens is 2. The van der Waals surface area contributed by atoms with Crippen LogP contribution >= 0.6 is 0 Å². The fourth-order valence-corrected chi connectivity index (χ4v) is 2.07. The summed E-state index contributed by atoms with van der Waals surface area (Å²) in [6.07, 6.45) is 0. The number of nitrogens with two attached hydrogens (primary N) is 1. The van der Waals surface area contributed by atoms with Crippen molar-refractivity contribution in [2.24, 2.45) is 5.73 Å². The first-order valence-electron chi connectivity index (χ1n) is 5.84. The molecule has 0 heterocycles. The summed E-state index contributed by atoms with van der Waals surface area (Å²) in [4.78, 5) is 0. The zero-order valence-corrected chi connectivity index (χ0v) is 10.8. The third kappa shape index (κ3) is 2.44. The summed E-state index contributed by atoms with van der Waals surface area (Å²) < 4.78 is 32.8. The Balaban J connectivity index is 2.53. The summed E-state index contributed by atoms with van der Waals surface area (Å²) >= 11 is 0. The maximum Gasteiger partial charge on any atom is 0.132 e. The van der Waals surface area contributed by atoms with Crippen LogP contribution in [0.5, 0.6) is 5.75 Å². The van der Waals surface area contributed by atoms with Crippen molar-refractivity contribution in [1.29, 1.82) is 0 Å². The lowest BCUT2D eigenvalue weighted by Gasteiger charge is -2.27. The summed E-state index contributed by atoms with van der Waals surface area (Å²) in [7, 11) is 1.45. The molecule has 0 fully saturated rings. The Labute approximate surface area is 110 Å². The Morgan fingerprint density at radius 1 is 1.00 bits per heavy atom. The summed E-state index contributed by atoms with van der Waals surface area (Å²) in [6, 6.07) is 10.5. The van der Waals surface area contributed by atoms with E-state index in [2.05, 4.69) is 0 Å². The molecule has 0 aliphatic carbocycles. The van der Waals surface area contributed by atoms with Gasteiger partial charge in [-0.25, -0.2) is 8.78 Å². The highest BCUT2D eigenvalue weighted by Gasteiger charge is 2.29. The van der Waals surface area contributed by atoms with Crippen LogP contribution in [0.3, 0.4) is 0 Å². The second-order valence-corrected chi connectivity index (χ2v) is 4.53. The van der Waals surface area contributed by atoms with Crippen molar-refractivity contribution >= 4 is 0 Å². The largest absolute Gasteiger partial charge is 0.497 e. The SMILES string of the molecule is COc1ccc(C(C)(N)c2ccccc2F)c(F)c1. The van der Waals surface area contributed by atoms with Gasteiger partial charge >= 0.3 is 0 Å². The Morgan fingerprint density at radius 3 is 2.21 bits per heavy atom. The lowest BCUT2D eigenvalue weighted by molar-refractivity contribution is 0.408. The van der Waals surface area contributed by atoms with E-state index < -0.39 is 17.2 Å². The first-order valence-corrected chi connectivity index (χ1v) is 5.84. The molecular formula is C15H15F2NO. The van der Waals surface area contributed by atoms with Crippen LogP contribution in [0.4, 0.5) is 8.78 Å². The van der Waals surface area contributed by atoms with E-state index in [0.29, 0.717) is 5.75 Å². The van der Waals surface area contributed by atoms with Crippen molar-refractivity contribution in [3.8, 4) is 5.75 Å². The van der Waals surface area contributed by atoms with Gasteiger partial charge in [0.15, 0.2) is 0 Å². The van der Waals surface area contributed by atoms with Gasteiger partial charge in [-0.05, 0) is 19.1 Å². The predicted molar refractivity (Wildman–Crippen MR) is 70.0 cm³/mol. The lowest BCUT2D eigenvalue weighted by Crippen LogP contribution is -2.36. The number of benzene rings is 2. The molecule has 0 aliphatic rings. The summed E-state index contributed by atoms with van der Waals surface area (Å²) in [5.41, 5.74) is 5.35. The van der Waals surface area contributed by atoms with Crippen LogP contribution in [-0.2, 0) is 5.54 Å². The Kier molecular flexibility index (Phi) is 3.53. The maximum absolute atomic E-state index is 14.1. The van der Waals surface area contributed by atoms with E-state index in [4.69, 9.17) is 10.5 Å². The minimum absolute atomic E-state index is 0.221. The minimum atomic E-state index is -1.25. The van der Waals surface area contributed by atoms with Crippen LogP contribution < -0.4 is 10.5 Å². The average Bonchev–Trinajstić information content (AvgIpc) is 2.38. The van der Waals surface area contributed by atoms with Crippen LogP contribution in [0.15, 0.2) is 42.5 Å². The van der Waals surface area contributed by atoms with E-state index in [9.17, 15) is 8.78 Å². The second-order valence-electron chi connectivity index (χ2n) is 4.53. The Hall–Kier alpha value is -1.94. The number of hydrogen-bond acceptors (Lipinski definition) is 2. The van der Waals surface area contributed by atoms with E-state index in [1.54, 1.807) is 31.2 Å². The van der Waals surface area contributed by atoms with Gasteiger partial charge in [-0.15, -0.1) is 0 Å². The van der Waals surface area contributed by atoms with Gasteiger partial charge in [0.25, 0.3) is 0 Å². The molecule has 2 nitrogen and oxygen atoms in total. The lowest BCUT2D eigenvalue weighted by atomic mass is 9.85. The van der Waals surface area contributed by atoms with Crippen LogP contribution in [-0.4, -0.2) is 7.11 Å². The first-order chi connectivity index (χ1) is 8.96. The highest BCUT2D eigenvalue weighted by molar-refractivity contribution is 5.41. The maximum atomic E-state index is 14.1. The molecule has 0 saturated heterocycles. The number of ether oxygens (including phenoxy) is 1. The van der Waals surface area contributed by atoms with E-state index in [1.807, 2.05) is 0 Å². The molecule has 100 valence electrons. The standard InChI is InChI=1S/C15H15F2NO/c1-15(18,11-5-3-4-6-13(11)16)12-8-7-10(19-2)9-14(12)17/h3-9H,18H2,1-2H3. The van der Waals surface area contributed by atoms with Crippen LogP contribution in [0.25, 0.3) is 0 Å². The van der Waals surface area contributed by atoms with E-state index in [0.717, 1.165) is 0 Å². The minimum Gasteiger partial charge on any atom is -0.497 e. The molecule has 2 N–H and O–H groups in total. The van der Waals surface area contributed by atoms with Gasteiger partial charge in [0.05, 0.1) is 12.6 Å². The Bertz CT molecular complexity index is 596. The topological polar surface area (TPSA) is 35.2 Å². The molecule has 4 heteroatoms. The molecule has 1 atom stereocenters. The number of methoxy groups -OCH3 is 1. The third-order valence-corrected chi connectivity index (χ3v) is 3.17. The molecule has 2 rings (SSSR count). The van der Waals surface area contributed by atoms with E-state index in [1.165, 1.54) is 25.3 Å². The van der Waals surface area contributed by atoms with Crippen molar-refractivity contribution in [3.63, 3.8) is 0 Å². The number of rotatable bonds is 3. The van der Waals surface area contributed by atoms with Gasteiger partial charge in [0.2, 0.25) is 0 Å². The van der Waals surface area contributed by atoms with Crippen molar-refractivity contribution in [2.45, 2.75) is 12.5 Å². The average molecular weight is 263 g/mol. The molecule has 0 aromatic heterocycles. The zero-order valence-electron chi connectivity index (χ0n) is 10.8. The monoisotopic (exact) mass is 263 g/mol. The van der Waals surface area contributed by atoms with Crippen LogP contribution in [0, 0.1) is 11.6 Å². The summed E-state index contributed by atoms with van der Waals surface area (Å²) in [5, 5.41) is 0. The fraction of sp³-hybridized carbons (Fsp3) is 0.200. The molecule has 0 radical (unpaired) electrons. The fourth-order valence-electron chi connectivity index (χ4n) is 2.07. The van der Waals surface area contributed by atoms with Gasteiger partial charge in [-0.3, -0.25) is 0 Å². The molecule has 2 aromatic rings. The smallest absolute Gasteiger partial charge is 0.132 e. The third-order valence-electron chi connectivity index (χ3n) is 3.17. The van der Waals surface area contributed by atoms with E-state index >= 15 is 0 Å². The molecule has 2 aromatic carbocycles. The van der Waals surface area contributed by atoms with Crippen molar-refractivity contribution < 1.29 is 13.5 Å². The van der Waals surface area contributed by atoms with Gasteiger partial charge in [-0.2, -0.15) is 0 Å². The molecule has 0 bridgehead atoms. The number of hydrogen-bond donors (Lipinski definition) is 1.